The van der Waals surface area contributed by atoms with Crippen molar-refractivity contribution in [1.82, 2.24) is 15.2 Å². The Hall–Kier alpha value is -1.98. The molecule has 6 heteroatoms. The Balaban J connectivity index is 2.13. The first-order chi connectivity index (χ1) is 9.95. The molecular formula is C15H20FN3O2. The highest BCUT2D eigenvalue weighted by Crippen LogP contribution is 2.14. The van der Waals surface area contributed by atoms with Crippen LogP contribution in [0.2, 0.25) is 0 Å². The van der Waals surface area contributed by atoms with Crippen molar-refractivity contribution < 1.29 is 14.0 Å². The van der Waals surface area contributed by atoms with Crippen molar-refractivity contribution in [3.63, 3.8) is 0 Å². The largest absolute Gasteiger partial charge is 0.344 e. The number of hydrogen-bond acceptors (Lipinski definition) is 3. The monoisotopic (exact) mass is 293 g/mol. The molecule has 2 amide bonds. The van der Waals surface area contributed by atoms with Crippen molar-refractivity contribution in [1.29, 1.82) is 0 Å². The van der Waals surface area contributed by atoms with Gasteiger partial charge in [0.15, 0.2) is 0 Å². The van der Waals surface area contributed by atoms with Crippen LogP contribution >= 0.6 is 0 Å². The highest BCUT2D eigenvalue weighted by Gasteiger charge is 2.30. The molecule has 2 rings (SSSR count). The van der Waals surface area contributed by atoms with Gasteiger partial charge in [0, 0.05) is 25.7 Å². The predicted octanol–water partition coefficient (Wildman–Crippen LogP) is 1.48. The molecule has 1 atom stereocenters. The van der Waals surface area contributed by atoms with E-state index in [9.17, 15) is 14.0 Å². The number of halogens is 1. The van der Waals surface area contributed by atoms with Crippen LogP contribution in [0.3, 0.4) is 0 Å². The van der Waals surface area contributed by atoms with Crippen LogP contribution in [0.1, 0.15) is 32.3 Å². The highest BCUT2D eigenvalue weighted by molar-refractivity contribution is 5.89. The average Bonchev–Trinajstić information content (AvgIpc) is 2.52. The molecule has 2 heterocycles. The molecule has 1 aliphatic heterocycles. The van der Waals surface area contributed by atoms with Crippen LogP contribution in [-0.2, 0) is 16.1 Å². The van der Waals surface area contributed by atoms with Crippen LogP contribution < -0.4 is 5.32 Å². The number of pyridine rings is 1. The molecular weight excluding hydrogens is 273 g/mol. The fourth-order valence-corrected chi connectivity index (χ4v) is 2.45. The molecule has 0 spiro atoms. The van der Waals surface area contributed by atoms with E-state index in [4.69, 9.17) is 0 Å². The Kier molecular flexibility index (Phi) is 4.88. The molecule has 1 aromatic heterocycles. The maximum Gasteiger partial charge on any atom is 0.245 e. The zero-order chi connectivity index (χ0) is 15.4. The summed E-state index contributed by atoms with van der Waals surface area (Å²) in [5, 5.41) is 2.77. The van der Waals surface area contributed by atoms with Crippen molar-refractivity contribution in [2.24, 2.45) is 5.92 Å². The Labute approximate surface area is 123 Å². The zero-order valence-corrected chi connectivity index (χ0v) is 12.3. The number of nitrogens with one attached hydrogen (secondary N) is 1. The average molecular weight is 293 g/mol. The summed E-state index contributed by atoms with van der Waals surface area (Å²) in [6, 6.07) is 0.860. The van der Waals surface area contributed by atoms with E-state index in [2.05, 4.69) is 10.3 Å². The number of amides is 2. The van der Waals surface area contributed by atoms with Crippen LogP contribution in [-0.4, -0.2) is 34.3 Å². The normalized spacial score (nSPS) is 19.6. The lowest BCUT2D eigenvalue weighted by Gasteiger charge is -2.25. The molecule has 1 fully saturated rings. The summed E-state index contributed by atoms with van der Waals surface area (Å²) in [5.74, 6) is -0.356. The first-order valence-corrected chi connectivity index (χ1v) is 7.13. The first-order valence-electron chi connectivity index (χ1n) is 7.13. The van der Waals surface area contributed by atoms with Gasteiger partial charge in [-0.05, 0) is 24.0 Å². The van der Waals surface area contributed by atoms with Crippen LogP contribution in [0.4, 0.5) is 4.39 Å². The third kappa shape index (κ3) is 4.24. The summed E-state index contributed by atoms with van der Waals surface area (Å²) in [6.45, 7) is 4.62. The molecule has 1 N–H and O–H groups in total. The second kappa shape index (κ2) is 6.65. The fourth-order valence-electron chi connectivity index (χ4n) is 2.45. The van der Waals surface area contributed by atoms with E-state index in [1.54, 1.807) is 4.90 Å². The van der Waals surface area contributed by atoms with E-state index in [1.165, 1.54) is 12.3 Å². The number of carbonyl (C=O) groups excluding carboxylic acids is 2. The van der Waals surface area contributed by atoms with Gasteiger partial charge in [0.05, 0.1) is 6.20 Å². The number of carbonyl (C=O) groups is 2. The van der Waals surface area contributed by atoms with Gasteiger partial charge in [-0.15, -0.1) is 0 Å². The van der Waals surface area contributed by atoms with Crippen LogP contribution in [0.15, 0.2) is 18.5 Å². The number of nitrogens with zero attached hydrogens (tertiary/aromatic N) is 2. The van der Waals surface area contributed by atoms with Gasteiger partial charge in [0.2, 0.25) is 11.8 Å². The molecule has 5 nitrogen and oxygen atoms in total. The lowest BCUT2D eigenvalue weighted by Crippen LogP contribution is -2.45. The van der Waals surface area contributed by atoms with Gasteiger partial charge in [-0.2, -0.15) is 0 Å². The van der Waals surface area contributed by atoms with Gasteiger partial charge in [-0.3, -0.25) is 14.6 Å². The third-order valence-electron chi connectivity index (χ3n) is 3.40. The van der Waals surface area contributed by atoms with Crippen LogP contribution in [0.5, 0.6) is 0 Å². The van der Waals surface area contributed by atoms with Gasteiger partial charge in [-0.1, -0.05) is 13.8 Å². The van der Waals surface area contributed by atoms with Crippen LogP contribution in [0.25, 0.3) is 0 Å². The SMILES string of the molecule is CC(C)CC1NC(=O)CCN(Cc2cncc(F)c2)C1=O. The zero-order valence-electron chi connectivity index (χ0n) is 12.3. The predicted molar refractivity (Wildman–Crippen MR) is 75.6 cm³/mol. The number of hydrogen-bond donors (Lipinski definition) is 1. The fraction of sp³-hybridized carbons (Fsp3) is 0.533. The van der Waals surface area contributed by atoms with E-state index in [-0.39, 0.29) is 24.8 Å². The highest BCUT2D eigenvalue weighted by atomic mass is 19.1. The van der Waals surface area contributed by atoms with Gasteiger partial charge in [-0.25, -0.2) is 4.39 Å². The van der Waals surface area contributed by atoms with Crippen molar-refractivity contribution in [2.75, 3.05) is 6.54 Å². The quantitative estimate of drug-likeness (QED) is 0.914. The summed E-state index contributed by atoms with van der Waals surface area (Å²) < 4.78 is 13.2. The van der Waals surface area contributed by atoms with Crippen molar-refractivity contribution in [3.05, 3.63) is 29.8 Å². The molecule has 0 saturated carbocycles. The lowest BCUT2D eigenvalue weighted by atomic mass is 10.0. The molecule has 0 aliphatic carbocycles. The van der Waals surface area contributed by atoms with Crippen molar-refractivity contribution in [3.8, 4) is 0 Å². The maximum atomic E-state index is 13.2. The number of aromatic nitrogens is 1. The Bertz CT molecular complexity index is 533. The minimum Gasteiger partial charge on any atom is -0.344 e. The minimum absolute atomic E-state index is 0.112. The van der Waals surface area contributed by atoms with E-state index >= 15 is 0 Å². The van der Waals surface area contributed by atoms with Crippen molar-refractivity contribution in [2.45, 2.75) is 39.3 Å². The van der Waals surface area contributed by atoms with E-state index in [0.717, 1.165) is 6.20 Å². The minimum atomic E-state index is -0.499. The molecule has 1 aliphatic rings. The van der Waals surface area contributed by atoms with E-state index < -0.39 is 11.9 Å². The smallest absolute Gasteiger partial charge is 0.245 e. The standard InChI is InChI=1S/C15H20FN3O2/c1-10(2)5-13-15(21)19(4-3-14(20)18-13)9-11-6-12(16)8-17-7-11/h6-8,10,13H,3-5,9H2,1-2H3,(H,18,20). The van der Waals surface area contributed by atoms with Gasteiger partial charge in [0.1, 0.15) is 11.9 Å². The summed E-state index contributed by atoms with van der Waals surface area (Å²) >= 11 is 0. The molecule has 0 bridgehead atoms. The molecule has 1 aromatic rings. The molecule has 0 aromatic carbocycles. The molecule has 0 radical (unpaired) electrons. The Morgan fingerprint density at radius 1 is 1.43 bits per heavy atom. The Morgan fingerprint density at radius 3 is 2.86 bits per heavy atom. The summed E-state index contributed by atoms with van der Waals surface area (Å²) in [7, 11) is 0. The lowest BCUT2D eigenvalue weighted by molar-refractivity contribution is -0.134. The van der Waals surface area contributed by atoms with E-state index in [1.807, 2.05) is 13.8 Å². The van der Waals surface area contributed by atoms with E-state index in [0.29, 0.717) is 24.4 Å². The number of rotatable bonds is 4. The maximum absolute atomic E-state index is 13.2. The summed E-state index contributed by atoms with van der Waals surface area (Å²) in [6.07, 6.45) is 3.53. The third-order valence-corrected chi connectivity index (χ3v) is 3.40. The van der Waals surface area contributed by atoms with Gasteiger partial charge >= 0.3 is 0 Å². The topological polar surface area (TPSA) is 62.3 Å². The molecule has 1 saturated heterocycles. The summed E-state index contributed by atoms with van der Waals surface area (Å²) in [5.41, 5.74) is 0.626. The van der Waals surface area contributed by atoms with Gasteiger partial charge in [0.25, 0.3) is 0 Å². The second-order valence-electron chi connectivity index (χ2n) is 5.77. The molecule has 21 heavy (non-hydrogen) atoms. The molecule has 114 valence electrons. The molecule has 1 unspecified atom stereocenters. The summed E-state index contributed by atoms with van der Waals surface area (Å²) in [4.78, 5) is 29.6. The van der Waals surface area contributed by atoms with Gasteiger partial charge < -0.3 is 10.2 Å². The van der Waals surface area contributed by atoms with Crippen LogP contribution in [0, 0.1) is 11.7 Å². The van der Waals surface area contributed by atoms with Crippen molar-refractivity contribution >= 4 is 11.8 Å². The first kappa shape index (κ1) is 15.4. The Morgan fingerprint density at radius 2 is 2.19 bits per heavy atom. The second-order valence-corrected chi connectivity index (χ2v) is 5.77.